The van der Waals surface area contributed by atoms with E-state index in [-0.39, 0.29) is 0 Å². The van der Waals surface area contributed by atoms with Crippen molar-refractivity contribution in [3.63, 3.8) is 0 Å². The Hall–Kier alpha value is -1.10. The highest BCUT2D eigenvalue weighted by molar-refractivity contribution is 5.19. The van der Waals surface area contributed by atoms with Gasteiger partial charge in [0, 0.05) is 12.1 Å². The van der Waals surface area contributed by atoms with Gasteiger partial charge in [-0.25, -0.2) is 0 Å². The first kappa shape index (κ1) is 14.3. The van der Waals surface area contributed by atoms with Crippen molar-refractivity contribution in [2.24, 2.45) is 5.41 Å². The third-order valence-electron chi connectivity index (χ3n) is 3.80. The summed E-state index contributed by atoms with van der Waals surface area (Å²) in [5.74, 6) is 0.646. The van der Waals surface area contributed by atoms with Crippen LogP contribution in [0, 0.1) is 5.41 Å². The van der Waals surface area contributed by atoms with Gasteiger partial charge in [-0.3, -0.25) is 0 Å². The minimum absolute atomic E-state index is 0.420. The van der Waals surface area contributed by atoms with Crippen LogP contribution in [0.5, 0.6) is 0 Å². The molecule has 0 radical (unpaired) electrons. The Kier molecular flexibility index (Phi) is 4.45. The normalized spacial score (nSPS) is 19.8. The number of nitrogens with zero attached hydrogens (tertiary/aromatic N) is 2. The molecule has 1 heterocycles. The average molecular weight is 266 g/mol. The van der Waals surface area contributed by atoms with Gasteiger partial charge in [0.25, 0.3) is 0 Å². The van der Waals surface area contributed by atoms with Crippen LogP contribution < -0.4 is 10.6 Å². The highest BCUT2D eigenvalue weighted by atomic mass is 16.4. The Balaban J connectivity index is 1.80. The molecule has 0 spiro atoms. The molecule has 0 amide bonds. The Morgan fingerprint density at radius 3 is 2.58 bits per heavy atom. The third-order valence-corrected chi connectivity index (χ3v) is 3.80. The van der Waals surface area contributed by atoms with Gasteiger partial charge in [0.05, 0.1) is 6.54 Å². The van der Waals surface area contributed by atoms with E-state index in [9.17, 15) is 0 Å². The zero-order valence-corrected chi connectivity index (χ0v) is 12.5. The molecule has 1 fully saturated rings. The summed E-state index contributed by atoms with van der Waals surface area (Å²) in [5, 5.41) is 14.7. The molecule has 2 rings (SSSR count). The van der Waals surface area contributed by atoms with Crippen LogP contribution in [-0.4, -0.2) is 22.3 Å². The lowest BCUT2D eigenvalue weighted by molar-refractivity contribution is 0.231. The van der Waals surface area contributed by atoms with Crippen molar-refractivity contribution in [1.82, 2.24) is 15.5 Å². The fourth-order valence-electron chi connectivity index (χ4n) is 2.39. The molecular formula is C14H26N4O. The molecule has 2 N–H and O–H groups in total. The maximum Gasteiger partial charge on any atom is 0.315 e. The van der Waals surface area contributed by atoms with Gasteiger partial charge in [-0.05, 0) is 31.1 Å². The van der Waals surface area contributed by atoms with Crippen LogP contribution in [-0.2, 0) is 6.54 Å². The molecule has 1 aliphatic rings. The summed E-state index contributed by atoms with van der Waals surface area (Å²) >= 11 is 0. The van der Waals surface area contributed by atoms with Crippen LogP contribution in [0.15, 0.2) is 4.42 Å². The fourth-order valence-corrected chi connectivity index (χ4v) is 2.39. The summed E-state index contributed by atoms with van der Waals surface area (Å²) in [5.41, 5.74) is 0.485. The van der Waals surface area contributed by atoms with Crippen molar-refractivity contribution < 1.29 is 4.42 Å². The largest absolute Gasteiger partial charge is 0.407 e. The van der Waals surface area contributed by atoms with Crippen molar-refractivity contribution in [3.8, 4) is 0 Å². The maximum absolute atomic E-state index is 5.59. The van der Waals surface area contributed by atoms with Crippen LogP contribution in [0.1, 0.15) is 59.3 Å². The first-order valence-corrected chi connectivity index (χ1v) is 7.27. The third kappa shape index (κ3) is 4.49. The topological polar surface area (TPSA) is 63.0 Å². The Morgan fingerprint density at radius 1 is 1.26 bits per heavy atom. The lowest BCUT2D eigenvalue weighted by Gasteiger charge is -2.34. The van der Waals surface area contributed by atoms with Crippen LogP contribution in [0.3, 0.4) is 0 Å². The van der Waals surface area contributed by atoms with Gasteiger partial charge < -0.3 is 15.1 Å². The van der Waals surface area contributed by atoms with Gasteiger partial charge in [0.15, 0.2) is 0 Å². The minimum atomic E-state index is 0.420. The molecule has 0 atom stereocenters. The summed E-state index contributed by atoms with van der Waals surface area (Å²) in [6.45, 7) is 9.50. The molecule has 0 unspecified atom stereocenters. The van der Waals surface area contributed by atoms with Gasteiger partial charge in [-0.1, -0.05) is 32.8 Å². The van der Waals surface area contributed by atoms with Crippen molar-refractivity contribution in [3.05, 3.63) is 5.89 Å². The van der Waals surface area contributed by atoms with Crippen molar-refractivity contribution >= 4 is 6.01 Å². The van der Waals surface area contributed by atoms with E-state index >= 15 is 0 Å². The number of anilines is 1. The van der Waals surface area contributed by atoms with Crippen LogP contribution in [0.25, 0.3) is 0 Å². The quantitative estimate of drug-likeness (QED) is 0.858. The van der Waals surface area contributed by atoms with E-state index in [2.05, 4.69) is 48.5 Å². The lowest BCUT2D eigenvalue weighted by Crippen LogP contribution is -2.29. The molecular weight excluding hydrogens is 240 g/mol. The van der Waals surface area contributed by atoms with E-state index < -0.39 is 0 Å². The van der Waals surface area contributed by atoms with E-state index in [0.29, 0.717) is 35.9 Å². The summed E-state index contributed by atoms with van der Waals surface area (Å²) in [4.78, 5) is 0. The van der Waals surface area contributed by atoms with Gasteiger partial charge in [-0.15, -0.1) is 5.10 Å². The molecule has 5 heteroatoms. The van der Waals surface area contributed by atoms with E-state index in [4.69, 9.17) is 4.42 Å². The predicted molar refractivity (Wildman–Crippen MR) is 75.9 cm³/mol. The molecule has 108 valence electrons. The number of nitrogens with one attached hydrogen (secondary N) is 2. The predicted octanol–water partition coefficient (Wildman–Crippen LogP) is 2.95. The highest BCUT2D eigenvalue weighted by Gasteiger charge is 2.27. The lowest BCUT2D eigenvalue weighted by atomic mass is 9.76. The van der Waals surface area contributed by atoms with Crippen LogP contribution in [0.2, 0.25) is 0 Å². The second-order valence-corrected chi connectivity index (χ2v) is 6.62. The second kappa shape index (κ2) is 5.90. The standard InChI is InChI=1S/C14H26N4O/c1-10(2)15-9-12-17-18-13(19-12)16-11-5-7-14(3,4)8-6-11/h10-11,15H,5-9H2,1-4H3,(H,16,18). The molecule has 0 aromatic carbocycles. The molecule has 1 aromatic heterocycles. The Labute approximate surface area is 115 Å². The highest BCUT2D eigenvalue weighted by Crippen LogP contribution is 2.35. The number of rotatable bonds is 5. The van der Waals surface area contributed by atoms with Crippen molar-refractivity contribution in [2.75, 3.05) is 5.32 Å². The first-order chi connectivity index (χ1) is 8.94. The van der Waals surface area contributed by atoms with Crippen molar-refractivity contribution in [1.29, 1.82) is 0 Å². The minimum Gasteiger partial charge on any atom is -0.407 e. The first-order valence-electron chi connectivity index (χ1n) is 7.27. The number of hydrogen-bond acceptors (Lipinski definition) is 5. The van der Waals surface area contributed by atoms with Crippen LogP contribution >= 0.6 is 0 Å². The monoisotopic (exact) mass is 266 g/mol. The number of hydrogen-bond donors (Lipinski definition) is 2. The Morgan fingerprint density at radius 2 is 1.95 bits per heavy atom. The maximum atomic E-state index is 5.59. The SMILES string of the molecule is CC(C)NCc1nnc(NC2CCC(C)(C)CC2)o1. The average Bonchev–Trinajstić information content (AvgIpc) is 2.77. The zero-order chi connectivity index (χ0) is 13.9. The van der Waals surface area contributed by atoms with E-state index in [0.717, 1.165) is 0 Å². The summed E-state index contributed by atoms with van der Waals surface area (Å²) in [6.07, 6.45) is 4.85. The van der Waals surface area contributed by atoms with E-state index in [1.165, 1.54) is 25.7 Å². The second-order valence-electron chi connectivity index (χ2n) is 6.62. The molecule has 1 saturated carbocycles. The van der Waals surface area contributed by atoms with Gasteiger partial charge in [0.1, 0.15) is 0 Å². The summed E-state index contributed by atoms with van der Waals surface area (Å²) < 4.78 is 5.59. The molecule has 5 nitrogen and oxygen atoms in total. The van der Waals surface area contributed by atoms with Crippen LogP contribution in [0.4, 0.5) is 6.01 Å². The summed E-state index contributed by atoms with van der Waals surface area (Å²) in [7, 11) is 0. The zero-order valence-electron chi connectivity index (χ0n) is 12.5. The van der Waals surface area contributed by atoms with E-state index in [1.807, 2.05) is 0 Å². The number of aromatic nitrogens is 2. The summed E-state index contributed by atoms with van der Waals surface area (Å²) in [6, 6.07) is 1.45. The van der Waals surface area contributed by atoms with Gasteiger partial charge >= 0.3 is 6.01 Å². The fraction of sp³-hybridized carbons (Fsp3) is 0.857. The van der Waals surface area contributed by atoms with E-state index in [1.54, 1.807) is 0 Å². The smallest absolute Gasteiger partial charge is 0.315 e. The van der Waals surface area contributed by atoms with Gasteiger partial charge in [-0.2, -0.15) is 0 Å². The molecule has 1 aromatic rings. The van der Waals surface area contributed by atoms with Crippen molar-refractivity contribution in [2.45, 2.75) is 72.0 Å². The Bertz CT molecular complexity index is 390. The molecule has 0 saturated heterocycles. The molecule has 1 aliphatic carbocycles. The molecule has 0 aliphatic heterocycles. The molecule has 19 heavy (non-hydrogen) atoms. The molecule has 0 bridgehead atoms. The van der Waals surface area contributed by atoms with Gasteiger partial charge in [0.2, 0.25) is 5.89 Å².